The van der Waals surface area contributed by atoms with Crippen molar-refractivity contribution in [3.63, 3.8) is 0 Å². The third-order valence-electron chi connectivity index (χ3n) is 16.4. The number of hydrogen-bond donors (Lipinski definition) is 2. The molecule has 1 aromatic rings. The van der Waals surface area contributed by atoms with E-state index in [0.29, 0.717) is 37.8 Å². The molecule has 5 rings (SSSR count). The van der Waals surface area contributed by atoms with Crippen molar-refractivity contribution in [1.82, 2.24) is 30.2 Å². The van der Waals surface area contributed by atoms with E-state index in [-0.39, 0.29) is 62.9 Å². The van der Waals surface area contributed by atoms with Gasteiger partial charge in [-0.2, -0.15) is 0 Å². The highest BCUT2D eigenvalue weighted by molar-refractivity contribution is 5.95. The van der Waals surface area contributed by atoms with Crippen LogP contribution in [0.3, 0.4) is 0 Å². The third kappa shape index (κ3) is 16.6. The van der Waals surface area contributed by atoms with E-state index in [1.54, 1.807) is 7.11 Å². The third-order valence-corrected chi connectivity index (χ3v) is 16.4. The number of carbonyl (C=O) groups is 4. The molecule has 4 aliphatic heterocycles. The van der Waals surface area contributed by atoms with Crippen LogP contribution >= 0.6 is 0 Å². The zero-order valence-corrected chi connectivity index (χ0v) is 47.6. The van der Waals surface area contributed by atoms with Gasteiger partial charge in [0.25, 0.3) is 0 Å². The Morgan fingerprint density at radius 2 is 0.871 bits per heavy atom. The van der Waals surface area contributed by atoms with Gasteiger partial charge in [-0.1, -0.05) is 25.0 Å². The second-order valence-corrected chi connectivity index (χ2v) is 26.9. The molecular weight excluding hydrogens is 881 g/mol. The van der Waals surface area contributed by atoms with Crippen molar-refractivity contribution in [2.45, 2.75) is 263 Å². The Balaban J connectivity index is 0.000000309. The lowest BCUT2D eigenvalue weighted by molar-refractivity contribution is -0.177. The normalized spacial score (nSPS) is 24.1. The number of esters is 2. The molecule has 70 heavy (non-hydrogen) atoms. The zero-order chi connectivity index (χ0) is 52.9. The highest BCUT2D eigenvalue weighted by Gasteiger charge is 2.48. The van der Waals surface area contributed by atoms with E-state index in [9.17, 15) is 19.2 Å². The summed E-state index contributed by atoms with van der Waals surface area (Å²) in [4.78, 5) is 59.7. The van der Waals surface area contributed by atoms with Crippen molar-refractivity contribution in [3.05, 3.63) is 29.8 Å². The summed E-state index contributed by atoms with van der Waals surface area (Å²) in [5.74, 6) is -1.31. The van der Waals surface area contributed by atoms with Crippen molar-refractivity contribution >= 4 is 24.8 Å². The zero-order valence-electron chi connectivity index (χ0n) is 47.6. The first-order valence-corrected chi connectivity index (χ1v) is 26.6. The van der Waals surface area contributed by atoms with E-state index in [0.717, 1.165) is 88.6 Å². The fourth-order valence-electron chi connectivity index (χ4n) is 13.1. The van der Waals surface area contributed by atoms with Crippen LogP contribution in [0.25, 0.3) is 0 Å². The Labute approximate surface area is 425 Å². The van der Waals surface area contributed by atoms with Gasteiger partial charge in [0.1, 0.15) is 18.0 Å². The van der Waals surface area contributed by atoms with Crippen molar-refractivity contribution in [2.75, 3.05) is 34.3 Å². The molecule has 4 heterocycles. The molecular formula is C57H100N6O7. The lowest BCUT2D eigenvalue weighted by atomic mass is 9.78. The number of likely N-dealkylation sites (tertiary alicyclic amines) is 2. The number of ether oxygens (including phenoxy) is 3. The maximum absolute atomic E-state index is 13.7. The molecule has 0 saturated carbocycles. The smallest absolute Gasteiger partial charge is 0.320 e. The molecule has 0 unspecified atom stereocenters. The van der Waals surface area contributed by atoms with Crippen LogP contribution < -0.4 is 15.4 Å². The summed E-state index contributed by atoms with van der Waals surface area (Å²) in [7, 11) is 5.85. The second-order valence-electron chi connectivity index (χ2n) is 26.9. The fourth-order valence-corrected chi connectivity index (χ4v) is 13.1. The average molecular weight is 981 g/mol. The molecule has 4 saturated heterocycles. The molecule has 4 fully saturated rings. The van der Waals surface area contributed by atoms with Gasteiger partial charge in [-0.15, -0.1) is 0 Å². The molecule has 2 amide bonds. The molecule has 0 aliphatic carbocycles. The Kier molecular flexibility index (Phi) is 19.4. The predicted molar refractivity (Wildman–Crippen MR) is 283 cm³/mol. The van der Waals surface area contributed by atoms with Gasteiger partial charge in [0.15, 0.2) is 5.92 Å². The highest BCUT2D eigenvalue weighted by Crippen LogP contribution is 2.41. The molecule has 13 nitrogen and oxygen atoms in total. The van der Waals surface area contributed by atoms with Gasteiger partial charge in [-0.25, -0.2) is 0 Å². The summed E-state index contributed by atoms with van der Waals surface area (Å²) in [6, 6.07) is 8.05. The lowest BCUT2D eigenvalue weighted by Crippen LogP contribution is -2.62. The number of amides is 2. The van der Waals surface area contributed by atoms with Crippen LogP contribution in [0.4, 0.5) is 0 Å². The highest BCUT2D eigenvalue weighted by atomic mass is 16.6. The number of nitrogens with zero attached hydrogens (tertiary/aromatic N) is 4. The summed E-state index contributed by atoms with van der Waals surface area (Å²) in [5, 5.41) is 7.40. The number of rotatable bonds is 18. The van der Waals surface area contributed by atoms with Gasteiger partial charge in [-0.05, 0) is 188 Å². The van der Waals surface area contributed by atoms with Crippen LogP contribution in [-0.4, -0.2) is 147 Å². The van der Waals surface area contributed by atoms with E-state index in [1.807, 2.05) is 34.1 Å². The number of nitrogens with one attached hydrogen (secondary N) is 2. The molecule has 13 heteroatoms. The minimum Gasteiger partial charge on any atom is -0.497 e. The molecule has 0 aromatic heterocycles. The quantitative estimate of drug-likeness (QED) is 0.0632. The van der Waals surface area contributed by atoms with Crippen LogP contribution in [0.15, 0.2) is 24.3 Å². The van der Waals surface area contributed by atoms with Gasteiger partial charge < -0.3 is 34.6 Å². The maximum Gasteiger partial charge on any atom is 0.320 e. The Morgan fingerprint density at radius 1 is 0.557 bits per heavy atom. The molecule has 0 atom stereocenters. The van der Waals surface area contributed by atoms with Crippen molar-refractivity contribution < 1.29 is 33.4 Å². The molecule has 0 bridgehead atoms. The molecule has 1 aromatic carbocycles. The van der Waals surface area contributed by atoms with Crippen LogP contribution in [0.1, 0.15) is 193 Å². The van der Waals surface area contributed by atoms with Crippen LogP contribution in [-0.2, 0) is 35.1 Å². The number of benzene rings is 1. The van der Waals surface area contributed by atoms with E-state index in [2.05, 4.69) is 145 Å². The SMILES string of the molecule is CC1(C)CC(N(C=O)CCCCCCN(C=O)C2CC(C)(C)NC(C)(C)C2)CC(C)(C)N1.COc1ccc(CC(C(=O)OC2CC(C)(C)N(C)C(C)(C)C2)C(=O)OC2CC(C)(C)N(C)C(C)(C)C2)cc1. The minimum absolute atomic E-state index is 0.0454. The van der Waals surface area contributed by atoms with Gasteiger partial charge in [-0.3, -0.25) is 29.0 Å². The van der Waals surface area contributed by atoms with Crippen molar-refractivity contribution in [3.8, 4) is 5.75 Å². The maximum atomic E-state index is 13.7. The van der Waals surface area contributed by atoms with Gasteiger partial charge in [0.05, 0.1) is 7.11 Å². The Bertz CT molecular complexity index is 1710. The first kappa shape index (κ1) is 59.3. The number of unbranched alkanes of at least 4 members (excludes halogenated alkanes) is 3. The van der Waals surface area contributed by atoms with E-state index < -0.39 is 17.9 Å². The summed E-state index contributed by atoms with van der Waals surface area (Å²) in [5.41, 5.74) is 0.501. The van der Waals surface area contributed by atoms with Crippen molar-refractivity contribution in [2.24, 2.45) is 5.92 Å². The summed E-state index contributed by atoms with van der Waals surface area (Å²) >= 11 is 0. The monoisotopic (exact) mass is 981 g/mol. The van der Waals surface area contributed by atoms with E-state index >= 15 is 0 Å². The molecule has 0 spiro atoms. The van der Waals surface area contributed by atoms with Crippen LogP contribution in [0.5, 0.6) is 5.75 Å². The minimum atomic E-state index is -1.03. The number of methoxy groups -OCH3 is 1. The fraction of sp³-hybridized carbons (Fsp3) is 0.825. The molecule has 2 N–H and O–H groups in total. The second kappa shape index (κ2) is 22.9. The van der Waals surface area contributed by atoms with Crippen molar-refractivity contribution in [1.29, 1.82) is 0 Å². The largest absolute Gasteiger partial charge is 0.497 e. The van der Waals surface area contributed by atoms with Gasteiger partial charge in [0, 0.05) is 95.2 Å². The van der Waals surface area contributed by atoms with Gasteiger partial charge >= 0.3 is 11.9 Å². The first-order valence-electron chi connectivity index (χ1n) is 26.6. The van der Waals surface area contributed by atoms with Crippen LogP contribution in [0, 0.1) is 5.92 Å². The number of hydrogen-bond acceptors (Lipinski definition) is 11. The predicted octanol–water partition coefficient (Wildman–Crippen LogP) is 9.33. The topological polar surface area (TPSA) is 133 Å². The Hall–Kier alpha value is -3.26. The molecule has 400 valence electrons. The van der Waals surface area contributed by atoms with E-state index in [4.69, 9.17) is 14.2 Å². The molecule has 4 aliphatic rings. The summed E-state index contributed by atoms with van der Waals surface area (Å²) in [6.45, 7) is 36.8. The number of carbonyl (C=O) groups excluding carboxylic acids is 4. The average Bonchev–Trinajstić information content (AvgIpc) is 3.19. The van der Waals surface area contributed by atoms with Gasteiger partial charge in [0.2, 0.25) is 12.8 Å². The first-order chi connectivity index (χ1) is 32.1. The number of piperidine rings is 4. The standard InChI is InChI=1S/C31H50N2O5.C26H50N4O2/c1-28(2)17-23(18-29(3,4)32(28)9)37-26(34)25(16-21-12-14-22(36-11)15-13-21)27(35)38-24-19-30(5,6)33(10)31(7,8)20-24;1-23(2)15-21(16-24(3,4)27-23)29(19-31)13-11-9-10-12-14-30(20-32)22-17-25(5,6)28-26(7,8)18-22/h12-15,23-25H,16-20H2,1-11H3;19-22,27-28H,9-18H2,1-8H3. The summed E-state index contributed by atoms with van der Waals surface area (Å²) in [6.07, 6.45) is 12.8. The van der Waals surface area contributed by atoms with Crippen LogP contribution in [0.2, 0.25) is 0 Å². The Morgan fingerprint density at radius 3 is 1.16 bits per heavy atom. The molecule has 0 radical (unpaired) electrons. The summed E-state index contributed by atoms with van der Waals surface area (Å²) < 4.78 is 17.5. The van der Waals surface area contributed by atoms with E-state index in [1.165, 1.54) is 0 Å². The lowest BCUT2D eigenvalue weighted by Gasteiger charge is -2.53.